The van der Waals surface area contributed by atoms with Crippen molar-refractivity contribution < 1.29 is 28.8 Å². The van der Waals surface area contributed by atoms with Crippen molar-refractivity contribution in [2.45, 2.75) is 26.2 Å². The van der Waals surface area contributed by atoms with E-state index in [1.54, 1.807) is 49.6 Å². The molecule has 4 rings (SSSR count). The van der Waals surface area contributed by atoms with E-state index in [4.69, 9.17) is 18.9 Å². The average molecular weight is 381 g/mol. The molecule has 1 aliphatic heterocycles. The van der Waals surface area contributed by atoms with Crippen molar-refractivity contribution in [2.75, 3.05) is 7.11 Å². The third-order valence-corrected chi connectivity index (χ3v) is 4.47. The van der Waals surface area contributed by atoms with Gasteiger partial charge >= 0.3 is 5.97 Å². The molecule has 0 saturated heterocycles. The summed E-state index contributed by atoms with van der Waals surface area (Å²) in [6.07, 6.45) is 0.378. The molecule has 1 atom stereocenters. The van der Waals surface area contributed by atoms with Gasteiger partial charge in [-0.2, -0.15) is 0 Å². The topological polar surface area (TPSA) is 87.1 Å². The Morgan fingerprint density at radius 1 is 1.11 bits per heavy atom. The predicted octanol–water partition coefficient (Wildman–Crippen LogP) is 4.03. The summed E-state index contributed by atoms with van der Waals surface area (Å²) in [5.74, 6) is 1.45. The summed E-state index contributed by atoms with van der Waals surface area (Å²) < 4.78 is 22.2. The largest absolute Gasteiger partial charge is 0.497 e. The first-order valence-electron chi connectivity index (χ1n) is 8.88. The van der Waals surface area contributed by atoms with Gasteiger partial charge in [-0.1, -0.05) is 6.92 Å². The minimum absolute atomic E-state index is 0.0237. The lowest BCUT2D eigenvalue weighted by Crippen LogP contribution is -2.15. The van der Waals surface area contributed by atoms with Gasteiger partial charge in [0, 0.05) is 17.9 Å². The second kappa shape index (κ2) is 7.26. The highest BCUT2D eigenvalue weighted by atomic mass is 16.7. The van der Waals surface area contributed by atoms with Crippen LogP contribution in [0.2, 0.25) is 0 Å². The summed E-state index contributed by atoms with van der Waals surface area (Å²) in [5.41, 5.74) is 1.05. The Kier molecular flexibility index (Phi) is 4.65. The minimum Gasteiger partial charge on any atom is -0.497 e. The van der Waals surface area contributed by atoms with Crippen LogP contribution in [0, 0.1) is 0 Å². The van der Waals surface area contributed by atoms with Crippen molar-refractivity contribution in [2.24, 2.45) is 0 Å². The van der Waals surface area contributed by atoms with E-state index in [0.717, 1.165) is 0 Å². The van der Waals surface area contributed by atoms with Crippen LogP contribution in [0.5, 0.6) is 23.0 Å². The van der Waals surface area contributed by atoms with E-state index < -0.39 is 5.97 Å². The van der Waals surface area contributed by atoms with Crippen molar-refractivity contribution in [3.05, 3.63) is 53.7 Å². The van der Waals surface area contributed by atoms with Crippen LogP contribution in [0.4, 0.5) is 0 Å². The molecule has 0 spiro atoms. The van der Waals surface area contributed by atoms with Crippen LogP contribution in [0.1, 0.15) is 29.4 Å². The molecule has 1 unspecified atom stereocenters. The number of carboxylic acid groups (broad SMARTS) is 1. The summed E-state index contributed by atoms with van der Waals surface area (Å²) >= 11 is 0. The van der Waals surface area contributed by atoms with Crippen LogP contribution in [-0.4, -0.2) is 29.5 Å². The van der Waals surface area contributed by atoms with Gasteiger partial charge in [-0.15, -0.1) is 0 Å². The Morgan fingerprint density at radius 2 is 1.79 bits per heavy atom. The van der Waals surface area contributed by atoms with Crippen molar-refractivity contribution in [1.82, 2.24) is 4.98 Å². The molecule has 0 saturated carbocycles. The number of aromatic carboxylic acids is 1. The standard InChI is InChI=1S/C21H19NO6/c1-3-20-27-18-9-12-8-15(21(23)24)17(22-16(12)10-19(18)28-20)11-26-14-6-4-13(25-2)5-7-14/h4-10,20H,3,11H2,1-2H3,(H,23,24). The second-order valence-electron chi connectivity index (χ2n) is 6.32. The zero-order chi connectivity index (χ0) is 19.7. The van der Waals surface area contributed by atoms with Crippen LogP contribution < -0.4 is 18.9 Å². The van der Waals surface area contributed by atoms with Gasteiger partial charge in [-0.3, -0.25) is 0 Å². The Morgan fingerprint density at radius 3 is 2.43 bits per heavy atom. The van der Waals surface area contributed by atoms with Gasteiger partial charge in [0.2, 0.25) is 6.29 Å². The van der Waals surface area contributed by atoms with E-state index >= 15 is 0 Å². The summed E-state index contributed by atoms with van der Waals surface area (Å²) in [4.78, 5) is 16.2. The van der Waals surface area contributed by atoms with E-state index in [1.165, 1.54) is 0 Å². The number of methoxy groups -OCH3 is 1. The maximum Gasteiger partial charge on any atom is 0.337 e. The van der Waals surface area contributed by atoms with E-state index in [1.807, 2.05) is 6.92 Å². The maximum absolute atomic E-state index is 11.7. The van der Waals surface area contributed by atoms with Crippen LogP contribution in [0.25, 0.3) is 10.9 Å². The quantitative estimate of drug-likeness (QED) is 0.690. The molecular formula is C21H19NO6. The smallest absolute Gasteiger partial charge is 0.337 e. The van der Waals surface area contributed by atoms with Gasteiger partial charge in [-0.05, 0) is 36.4 Å². The number of hydrogen-bond donors (Lipinski definition) is 1. The molecule has 2 aromatic carbocycles. The number of ether oxygens (including phenoxy) is 4. The molecule has 0 amide bonds. The van der Waals surface area contributed by atoms with Crippen LogP contribution in [0.3, 0.4) is 0 Å². The van der Waals surface area contributed by atoms with E-state index in [2.05, 4.69) is 4.98 Å². The fraction of sp³-hybridized carbons (Fsp3) is 0.238. The van der Waals surface area contributed by atoms with Crippen LogP contribution in [-0.2, 0) is 6.61 Å². The Hall–Kier alpha value is -3.48. The predicted molar refractivity (Wildman–Crippen MR) is 101 cm³/mol. The fourth-order valence-corrected chi connectivity index (χ4v) is 3.00. The first kappa shape index (κ1) is 17.9. The number of carboxylic acids is 1. The van der Waals surface area contributed by atoms with Gasteiger partial charge in [0.25, 0.3) is 0 Å². The van der Waals surface area contributed by atoms with Crippen LogP contribution >= 0.6 is 0 Å². The van der Waals surface area contributed by atoms with Gasteiger partial charge < -0.3 is 24.1 Å². The first-order chi connectivity index (χ1) is 13.6. The van der Waals surface area contributed by atoms with E-state index in [0.29, 0.717) is 46.0 Å². The molecule has 0 fully saturated rings. The molecule has 0 bridgehead atoms. The Bertz CT molecular complexity index is 1030. The normalized spacial score (nSPS) is 14.9. The molecule has 3 aromatic rings. The first-order valence-corrected chi connectivity index (χ1v) is 8.88. The lowest BCUT2D eigenvalue weighted by atomic mass is 10.1. The SMILES string of the molecule is CCC1Oc2cc3cc(C(=O)O)c(COc4ccc(OC)cc4)nc3cc2O1. The number of aromatic nitrogens is 1. The number of nitrogens with zero attached hydrogens (tertiary/aromatic N) is 1. The molecule has 28 heavy (non-hydrogen) atoms. The summed E-state index contributed by atoms with van der Waals surface area (Å²) in [6, 6.07) is 12.2. The van der Waals surface area contributed by atoms with Crippen molar-refractivity contribution in [3.63, 3.8) is 0 Å². The Labute approximate surface area is 161 Å². The monoisotopic (exact) mass is 381 g/mol. The maximum atomic E-state index is 11.7. The molecular weight excluding hydrogens is 362 g/mol. The van der Waals surface area contributed by atoms with Crippen molar-refractivity contribution in [3.8, 4) is 23.0 Å². The van der Waals surface area contributed by atoms with Gasteiger partial charge in [0.1, 0.15) is 18.1 Å². The number of fused-ring (bicyclic) bond motifs is 2. The molecule has 2 heterocycles. The molecule has 7 heteroatoms. The highest BCUT2D eigenvalue weighted by Crippen LogP contribution is 2.39. The molecule has 7 nitrogen and oxygen atoms in total. The minimum atomic E-state index is -1.06. The number of carbonyl (C=O) groups is 1. The van der Waals surface area contributed by atoms with E-state index in [-0.39, 0.29) is 18.5 Å². The third kappa shape index (κ3) is 3.38. The number of pyridine rings is 1. The fourth-order valence-electron chi connectivity index (χ4n) is 3.00. The molecule has 0 radical (unpaired) electrons. The number of benzene rings is 2. The van der Waals surface area contributed by atoms with Crippen molar-refractivity contribution >= 4 is 16.9 Å². The molecule has 144 valence electrons. The van der Waals surface area contributed by atoms with Gasteiger partial charge in [0.15, 0.2) is 11.5 Å². The molecule has 0 aliphatic carbocycles. The molecule has 1 aliphatic rings. The number of hydrogen-bond acceptors (Lipinski definition) is 6. The lowest BCUT2D eigenvalue weighted by molar-refractivity contribution is 0.0465. The average Bonchev–Trinajstić information content (AvgIpc) is 3.12. The summed E-state index contributed by atoms with van der Waals surface area (Å²) in [7, 11) is 1.59. The van der Waals surface area contributed by atoms with E-state index in [9.17, 15) is 9.90 Å². The second-order valence-corrected chi connectivity index (χ2v) is 6.32. The van der Waals surface area contributed by atoms with Crippen molar-refractivity contribution in [1.29, 1.82) is 0 Å². The zero-order valence-corrected chi connectivity index (χ0v) is 15.5. The van der Waals surface area contributed by atoms with Crippen LogP contribution in [0.15, 0.2) is 42.5 Å². The summed E-state index contributed by atoms with van der Waals surface area (Å²) in [5, 5.41) is 10.3. The van der Waals surface area contributed by atoms with Gasteiger partial charge in [-0.25, -0.2) is 9.78 Å². The Balaban J connectivity index is 1.65. The third-order valence-electron chi connectivity index (χ3n) is 4.47. The van der Waals surface area contributed by atoms with Gasteiger partial charge in [0.05, 0.1) is 23.9 Å². The molecule has 1 N–H and O–H groups in total. The highest BCUT2D eigenvalue weighted by molar-refractivity contribution is 5.95. The molecule has 1 aromatic heterocycles. The summed E-state index contributed by atoms with van der Waals surface area (Å²) in [6.45, 7) is 1.99. The highest BCUT2D eigenvalue weighted by Gasteiger charge is 2.24. The zero-order valence-electron chi connectivity index (χ0n) is 15.5. The number of rotatable bonds is 6. The lowest BCUT2D eigenvalue weighted by Gasteiger charge is -2.10.